The van der Waals surface area contributed by atoms with Gasteiger partial charge in [-0.1, -0.05) is 29.8 Å². The number of Topliss-reactive ketones (excluding diaryl/α,β-unsaturated/α-hetero) is 1. The summed E-state index contributed by atoms with van der Waals surface area (Å²) in [6.45, 7) is 0. The summed E-state index contributed by atoms with van der Waals surface area (Å²) < 4.78 is 79.1. The molecule has 0 saturated carbocycles. The Morgan fingerprint density at radius 1 is 0.926 bits per heavy atom. The number of alkyl halides is 5. The summed E-state index contributed by atoms with van der Waals surface area (Å²) in [4.78, 5) is 12.8. The van der Waals surface area contributed by atoms with Gasteiger partial charge in [0.05, 0.1) is 11.1 Å². The molecule has 0 aliphatic carbocycles. The van der Waals surface area contributed by atoms with Crippen molar-refractivity contribution in [2.24, 2.45) is 0 Å². The minimum absolute atomic E-state index is 0.0958. The van der Waals surface area contributed by atoms with Crippen LogP contribution in [-0.4, -0.2) is 23.7 Å². The average Bonchev–Trinajstić information content (AvgIpc) is 2.60. The van der Waals surface area contributed by atoms with E-state index in [0.717, 1.165) is 18.2 Å². The third-order valence-electron chi connectivity index (χ3n) is 4.28. The van der Waals surface area contributed by atoms with E-state index in [4.69, 9.17) is 21.1 Å². The normalized spacial score (nSPS) is 21.3. The number of halogens is 6. The van der Waals surface area contributed by atoms with Crippen LogP contribution in [0.1, 0.15) is 15.9 Å². The van der Waals surface area contributed by atoms with E-state index >= 15 is 0 Å². The molecule has 4 rings (SSSR count). The van der Waals surface area contributed by atoms with Gasteiger partial charge in [0.2, 0.25) is 5.78 Å². The highest BCUT2D eigenvalue weighted by Crippen LogP contribution is 2.55. The molecule has 2 aromatic rings. The first-order valence-corrected chi connectivity index (χ1v) is 7.93. The molecule has 0 saturated heterocycles. The molecule has 2 heterocycles. The molecule has 0 radical (unpaired) electrons. The van der Waals surface area contributed by atoms with E-state index in [1.54, 1.807) is 0 Å². The summed E-state index contributed by atoms with van der Waals surface area (Å²) in [5.41, 5.74) is -1.02. The van der Waals surface area contributed by atoms with E-state index in [9.17, 15) is 26.7 Å². The molecule has 0 amide bonds. The highest BCUT2D eigenvalue weighted by Gasteiger charge is 2.78. The van der Waals surface area contributed by atoms with E-state index in [-0.39, 0.29) is 21.9 Å². The number of rotatable bonds is 1. The van der Waals surface area contributed by atoms with Crippen LogP contribution in [0.3, 0.4) is 0 Å². The highest BCUT2D eigenvalue weighted by molar-refractivity contribution is 6.31. The van der Waals surface area contributed by atoms with E-state index < -0.39 is 35.0 Å². The zero-order valence-corrected chi connectivity index (χ0v) is 13.9. The van der Waals surface area contributed by atoms with E-state index in [0.29, 0.717) is 0 Å². The van der Waals surface area contributed by atoms with E-state index in [1.165, 1.54) is 30.3 Å². The smallest absolute Gasteiger partial charge is 0.442 e. The average molecular weight is 403 g/mol. The number of benzene rings is 2. The Balaban J connectivity index is 2.03. The van der Waals surface area contributed by atoms with Crippen LogP contribution in [0, 0.1) is 0 Å². The number of hydrogen-bond acceptors (Lipinski definition) is 3. The van der Waals surface area contributed by atoms with Gasteiger partial charge in [-0.15, -0.1) is 0 Å². The minimum atomic E-state index is -6.04. The summed E-state index contributed by atoms with van der Waals surface area (Å²) >= 11 is 5.81. The Labute approximate surface area is 153 Å². The fraction of sp³-hybridized carbons (Fsp3) is 0.167. The molecular weight excluding hydrogens is 395 g/mol. The zero-order valence-electron chi connectivity index (χ0n) is 13.1. The van der Waals surface area contributed by atoms with Crippen LogP contribution in [0.4, 0.5) is 22.0 Å². The van der Waals surface area contributed by atoms with Crippen LogP contribution >= 0.6 is 11.6 Å². The predicted octanol–water partition coefficient (Wildman–Crippen LogP) is 5.29. The van der Waals surface area contributed by atoms with Gasteiger partial charge in [0.25, 0.3) is 0 Å². The van der Waals surface area contributed by atoms with Crippen LogP contribution in [0.25, 0.3) is 6.08 Å². The molecular formula is C18H8ClF5O3. The van der Waals surface area contributed by atoms with Crippen molar-refractivity contribution in [2.75, 3.05) is 0 Å². The van der Waals surface area contributed by atoms with Crippen LogP contribution in [0.2, 0.25) is 5.02 Å². The van der Waals surface area contributed by atoms with Gasteiger partial charge in [0.15, 0.2) is 0 Å². The second-order valence-electron chi connectivity index (χ2n) is 5.96. The van der Waals surface area contributed by atoms with Gasteiger partial charge in [0.1, 0.15) is 11.5 Å². The SMILES string of the molecule is O=C1C2=Cc3ccccc3OC2(C(F)(F)C(F)(F)F)Oc2ccc(Cl)cc21. The lowest BCUT2D eigenvalue weighted by atomic mass is 9.85. The summed E-state index contributed by atoms with van der Waals surface area (Å²) in [5, 5.41) is 0.0958. The second kappa shape index (κ2) is 5.45. The van der Waals surface area contributed by atoms with Gasteiger partial charge in [-0.3, -0.25) is 4.79 Å². The summed E-state index contributed by atoms with van der Waals surface area (Å²) in [6.07, 6.45) is -5.12. The first-order valence-electron chi connectivity index (χ1n) is 7.55. The van der Waals surface area contributed by atoms with Crippen LogP contribution in [-0.2, 0) is 0 Å². The van der Waals surface area contributed by atoms with Gasteiger partial charge >= 0.3 is 17.9 Å². The van der Waals surface area contributed by atoms with E-state index in [2.05, 4.69) is 0 Å². The predicted molar refractivity (Wildman–Crippen MR) is 85.2 cm³/mol. The summed E-state index contributed by atoms with van der Waals surface area (Å²) in [6, 6.07) is 8.93. The maximum Gasteiger partial charge on any atom is 0.462 e. The second-order valence-corrected chi connectivity index (χ2v) is 6.39. The Morgan fingerprint density at radius 2 is 1.59 bits per heavy atom. The molecule has 140 valence electrons. The van der Waals surface area contributed by atoms with Crippen molar-refractivity contribution in [1.29, 1.82) is 0 Å². The topological polar surface area (TPSA) is 35.5 Å². The maximum atomic E-state index is 14.6. The fourth-order valence-electron chi connectivity index (χ4n) is 3.00. The van der Waals surface area contributed by atoms with Crippen LogP contribution in [0.15, 0.2) is 48.0 Å². The third kappa shape index (κ3) is 2.36. The first-order chi connectivity index (χ1) is 12.6. The monoisotopic (exact) mass is 402 g/mol. The summed E-state index contributed by atoms with van der Waals surface area (Å²) in [7, 11) is 0. The number of para-hydroxylation sites is 1. The van der Waals surface area contributed by atoms with Crippen LogP contribution in [0.5, 0.6) is 11.5 Å². The van der Waals surface area contributed by atoms with Crippen molar-refractivity contribution < 1.29 is 36.2 Å². The van der Waals surface area contributed by atoms with Gasteiger partial charge in [-0.05, 0) is 30.3 Å². The molecule has 9 heteroatoms. The standard InChI is InChI=1S/C18H8ClF5O3/c19-10-5-6-14-11(8-10)15(25)12-7-9-3-1-2-4-13(9)26-16(12,27-14)17(20,21)18(22,23)24/h1-8H. The summed E-state index contributed by atoms with van der Waals surface area (Å²) in [5.74, 6) is -11.0. The molecule has 2 aromatic carbocycles. The molecule has 0 spiro atoms. The number of fused-ring (bicyclic) bond motifs is 3. The Bertz CT molecular complexity index is 999. The van der Waals surface area contributed by atoms with E-state index in [1.807, 2.05) is 0 Å². The molecule has 0 fully saturated rings. The zero-order chi connectivity index (χ0) is 19.6. The number of carbonyl (C=O) groups excluding carboxylic acids is 1. The Morgan fingerprint density at radius 3 is 2.30 bits per heavy atom. The van der Waals surface area contributed by atoms with Gasteiger partial charge < -0.3 is 9.47 Å². The number of carbonyl (C=O) groups is 1. The largest absolute Gasteiger partial charge is 0.462 e. The third-order valence-corrected chi connectivity index (χ3v) is 4.52. The number of ether oxygens (including phenoxy) is 2. The molecule has 0 N–H and O–H groups in total. The van der Waals surface area contributed by atoms with Crippen molar-refractivity contribution in [3.8, 4) is 11.5 Å². The molecule has 0 bridgehead atoms. The number of hydrogen-bond donors (Lipinski definition) is 0. The minimum Gasteiger partial charge on any atom is -0.442 e. The Hall–Kier alpha value is -2.61. The van der Waals surface area contributed by atoms with Crippen molar-refractivity contribution in [3.63, 3.8) is 0 Å². The molecule has 2 aliphatic rings. The fourth-order valence-corrected chi connectivity index (χ4v) is 3.17. The molecule has 27 heavy (non-hydrogen) atoms. The molecule has 1 atom stereocenters. The van der Waals surface area contributed by atoms with Gasteiger partial charge in [-0.25, -0.2) is 0 Å². The maximum absolute atomic E-state index is 14.6. The van der Waals surface area contributed by atoms with Gasteiger partial charge in [-0.2, -0.15) is 22.0 Å². The lowest BCUT2D eigenvalue weighted by molar-refractivity contribution is -0.365. The van der Waals surface area contributed by atoms with Crippen molar-refractivity contribution in [2.45, 2.75) is 17.9 Å². The molecule has 2 aliphatic heterocycles. The van der Waals surface area contributed by atoms with Crippen molar-refractivity contribution in [1.82, 2.24) is 0 Å². The quantitative estimate of drug-likeness (QED) is 0.608. The lowest BCUT2D eigenvalue weighted by Gasteiger charge is -2.45. The Kier molecular flexibility index (Phi) is 3.59. The van der Waals surface area contributed by atoms with Crippen molar-refractivity contribution in [3.05, 3.63) is 64.2 Å². The first kappa shape index (κ1) is 17.8. The van der Waals surface area contributed by atoms with Gasteiger partial charge in [0, 0.05) is 10.6 Å². The van der Waals surface area contributed by atoms with Crippen molar-refractivity contribution >= 4 is 23.5 Å². The molecule has 3 nitrogen and oxygen atoms in total. The van der Waals surface area contributed by atoms with Crippen LogP contribution < -0.4 is 9.47 Å². The molecule has 1 unspecified atom stereocenters. The molecule has 0 aromatic heterocycles. The number of ketones is 1. The lowest BCUT2D eigenvalue weighted by Crippen LogP contribution is -2.67. The highest BCUT2D eigenvalue weighted by atomic mass is 35.5.